The largest absolute Gasteiger partial charge is 0.394 e. The SMILES string of the molecule is OC[C@H]1O[CH][C@H](O)[C@H](O)[C@@H]1O. The maximum atomic E-state index is 9.09. The second-order valence-corrected chi connectivity index (χ2v) is 2.46. The molecule has 0 unspecified atom stereocenters. The summed E-state index contributed by atoms with van der Waals surface area (Å²) in [5, 5.41) is 35.6. The average Bonchev–Trinajstić information content (AvgIpc) is 2.01. The Kier molecular flexibility index (Phi) is 2.80. The van der Waals surface area contributed by atoms with Crippen molar-refractivity contribution in [2.24, 2.45) is 0 Å². The lowest BCUT2D eigenvalue weighted by Crippen LogP contribution is -2.52. The Labute approximate surface area is 63.8 Å². The van der Waals surface area contributed by atoms with Gasteiger partial charge in [0, 0.05) is 0 Å². The molecule has 0 aromatic carbocycles. The van der Waals surface area contributed by atoms with Crippen LogP contribution in [0.15, 0.2) is 0 Å². The Morgan fingerprint density at radius 2 is 1.82 bits per heavy atom. The molecule has 0 bridgehead atoms. The molecule has 65 valence electrons. The van der Waals surface area contributed by atoms with Gasteiger partial charge in [0.1, 0.15) is 31.0 Å². The molecule has 1 rings (SSSR count). The van der Waals surface area contributed by atoms with Crippen LogP contribution in [0.2, 0.25) is 0 Å². The summed E-state index contributed by atoms with van der Waals surface area (Å²) in [4.78, 5) is 0. The predicted octanol–water partition coefficient (Wildman–Crippen LogP) is -2.38. The Balaban J connectivity index is 2.52. The topological polar surface area (TPSA) is 90.2 Å². The zero-order valence-electron chi connectivity index (χ0n) is 5.79. The van der Waals surface area contributed by atoms with Crippen LogP contribution in [0.25, 0.3) is 0 Å². The monoisotopic (exact) mass is 163 g/mol. The molecule has 0 aromatic rings. The third kappa shape index (κ3) is 1.69. The quantitative estimate of drug-likeness (QED) is 0.346. The van der Waals surface area contributed by atoms with Gasteiger partial charge in [-0.25, -0.2) is 0 Å². The number of aliphatic hydroxyl groups is 4. The molecule has 1 aliphatic rings. The van der Waals surface area contributed by atoms with Gasteiger partial charge in [0.25, 0.3) is 0 Å². The van der Waals surface area contributed by atoms with E-state index < -0.39 is 24.4 Å². The van der Waals surface area contributed by atoms with E-state index in [9.17, 15) is 0 Å². The molecule has 4 N–H and O–H groups in total. The molecule has 1 radical (unpaired) electrons. The standard InChI is InChI=1S/C6H11O5/c7-1-4-6(10)5(9)3(8)2-11-4/h2-10H,1H2/t3-,4+,5-,6+/m0/s1. The first-order valence-electron chi connectivity index (χ1n) is 3.30. The summed E-state index contributed by atoms with van der Waals surface area (Å²) in [5.74, 6) is 0. The first kappa shape index (κ1) is 8.89. The minimum Gasteiger partial charge on any atom is -0.394 e. The van der Waals surface area contributed by atoms with Crippen molar-refractivity contribution in [3.05, 3.63) is 6.61 Å². The van der Waals surface area contributed by atoms with Gasteiger partial charge in [-0.3, -0.25) is 0 Å². The number of aliphatic hydroxyl groups excluding tert-OH is 4. The number of ether oxygens (including phenoxy) is 1. The van der Waals surface area contributed by atoms with Crippen LogP contribution in [0, 0.1) is 6.61 Å². The van der Waals surface area contributed by atoms with Crippen molar-refractivity contribution in [2.75, 3.05) is 6.61 Å². The van der Waals surface area contributed by atoms with E-state index in [1.807, 2.05) is 0 Å². The zero-order chi connectivity index (χ0) is 8.43. The first-order valence-corrected chi connectivity index (χ1v) is 3.30. The maximum absolute atomic E-state index is 9.09. The normalized spacial score (nSPS) is 45.8. The maximum Gasteiger partial charge on any atom is 0.115 e. The van der Waals surface area contributed by atoms with Gasteiger partial charge in [-0.05, 0) is 0 Å². The predicted molar refractivity (Wildman–Crippen MR) is 34.3 cm³/mol. The molecule has 1 heterocycles. The molecule has 0 aliphatic carbocycles. The van der Waals surface area contributed by atoms with Crippen molar-refractivity contribution in [1.82, 2.24) is 0 Å². The van der Waals surface area contributed by atoms with Crippen LogP contribution >= 0.6 is 0 Å². The van der Waals surface area contributed by atoms with Gasteiger partial charge >= 0.3 is 0 Å². The van der Waals surface area contributed by atoms with Gasteiger partial charge in [0.05, 0.1) is 6.61 Å². The molecule has 11 heavy (non-hydrogen) atoms. The Bertz CT molecular complexity index is 126. The van der Waals surface area contributed by atoms with Crippen molar-refractivity contribution in [3.8, 4) is 0 Å². The Morgan fingerprint density at radius 1 is 1.18 bits per heavy atom. The smallest absolute Gasteiger partial charge is 0.115 e. The molecule has 5 heteroatoms. The highest BCUT2D eigenvalue weighted by Crippen LogP contribution is 2.17. The van der Waals surface area contributed by atoms with Crippen LogP contribution in [0.1, 0.15) is 0 Å². The Hall–Kier alpha value is -0.200. The number of hydrogen-bond acceptors (Lipinski definition) is 5. The van der Waals surface area contributed by atoms with E-state index in [0.717, 1.165) is 6.61 Å². The van der Waals surface area contributed by atoms with E-state index in [4.69, 9.17) is 20.4 Å². The first-order chi connectivity index (χ1) is 5.16. The fourth-order valence-electron chi connectivity index (χ4n) is 0.915. The van der Waals surface area contributed by atoms with Gasteiger partial charge in [0.15, 0.2) is 0 Å². The molecule has 1 fully saturated rings. The highest BCUT2D eigenvalue weighted by molar-refractivity contribution is 4.91. The molecule has 0 aromatic heterocycles. The van der Waals surface area contributed by atoms with Gasteiger partial charge in [-0.15, -0.1) is 0 Å². The van der Waals surface area contributed by atoms with Crippen LogP contribution in [-0.4, -0.2) is 51.4 Å². The van der Waals surface area contributed by atoms with Crippen LogP contribution in [0.3, 0.4) is 0 Å². The molecule has 5 nitrogen and oxygen atoms in total. The summed E-state index contributed by atoms with van der Waals surface area (Å²) in [7, 11) is 0. The molecule has 0 amide bonds. The highest BCUT2D eigenvalue weighted by atomic mass is 16.5. The summed E-state index contributed by atoms with van der Waals surface area (Å²) in [5.41, 5.74) is 0. The van der Waals surface area contributed by atoms with E-state index in [1.165, 1.54) is 0 Å². The minimum atomic E-state index is -1.28. The Morgan fingerprint density at radius 3 is 2.36 bits per heavy atom. The van der Waals surface area contributed by atoms with Gasteiger partial charge in [-0.1, -0.05) is 0 Å². The lowest BCUT2D eigenvalue weighted by Gasteiger charge is -2.33. The molecule has 4 atom stereocenters. The second-order valence-electron chi connectivity index (χ2n) is 2.46. The molecular weight excluding hydrogens is 152 g/mol. The van der Waals surface area contributed by atoms with Crippen molar-refractivity contribution >= 4 is 0 Å². The molecule has 0 saturated carbocycles. The van der Waals surface area contributed by atoms with Gasteiger partial charge in [0.2, 0.25) is 0 Å². The van der Waals surface area contributed by atoms with E-state index in [-0.39, 0.29) is 6.61 Å². The number of hydrogen-bond donors (Lipinski definition) is 4. The van der Waals surface area contributed by atoms with Crippen LogP contribution < -0.4 is 0 Å². The van der Waals surface area contributed by atoms with Crippen molar-refractivity contribution in [3.63, 3.8) is 0 Å². The third-order valence-electron chi connectivity index (χ3n) is 1.65. The van der Waals surface area contributed by atoms with Crippen LogP contribution in [-0.2, 0) is 4.74 Å². The molecular formula is C6H11O5. The summed E-state index contributed by atoms with van der Waals surface area (Å²) >= 11 is 0. The van der Waals surface area contributed by atoms with E-state index in [2.05, 4.69) is 4.74 Å². The summed E-state index contributed by atoms with van der Waals surface area (Å²) in [6.45, 7) is 0.611. The van der Waals surface area contributed by atoms with E-state index in [0.29, 0.717) is 0 Å². The molecule has 0 spiro atoms. The minimum absolute atomic E-state index is 0.387. The van der Waals surface area contributed by atoms with Crippen molar-refractivity contribution in [2.45, 2.75) is 24.4 Å². The highest BCUT2D eigenvalue weighted by Gasteiger charge is 2.37. The second kappa shape index (κ2) is 3.46. The van der Waals surface area contributed by atoms with Crippen LogP contribution in [0.4, 0.5) is 0 Å². The number of rotatable bonds is 1. The molecule has 1 aliphatic heterocycles. The third-order valence-corrected chi connectivity index (χ3v) is 1.65. The van der Waals surface area contributed by atoms with Crippen LogP contribution in [0.5, 0.6) is 0 Å². The summed E-state index contributed by atoms with van der Waals surface area (Å²) < 4.78 is 4.69. The molecule has 1 saturated heterocycles. The van der Waals surface area contributed by atoms with E-state index >= 15 is 0 Å². The lowest BCUT2D eigenvalue weighted by molar-refractivity contribution is -0.169. The fraction of sp³-hybridized carbons (Fsp3) is 0.833. The summed E-state index contributed by atoms with van der Waals surface area (Å²) in [6, 6.07) is 0. The van der Waals surface area contributed by atoms with Crippen molar-refractivity contribution < 1.29 is 25.2 Å². The average molecular weight is 163 g/mol. The fourth-order valence-corrected chi connectivity index (χ4v) is 0.915. The lowest BCUT2D eigenvalue weighted by atomic mass is 10.0. The van der Waals surface area contributed by atoms with Gasteiger partial charge < -0.3 is 25.2 Å². The van der Waals surface area contributed by atoms with E-state index in [1.54, 1.807) is 0 Å². The summed E-state index contributed by atoms with van der Waals surface area (Å²) in [6.07, 6.45) is -4.54. The zero-order valence-corrected chi connectivity index (χ0v) is 5.79. The van der Waals surface area contributed by atoms with Crippen molar-refractivity contribution in [1.29, 1.82) is 0 Å². The van der Waals surface area contributed by atoms with Gasteiger partial charge in [-0.2, -0.15) is 0 Å².